The summed E-state index contributed by atoms with van der Waals surface area (Å²) < 4.78 is 0.606. The van der Waals surface area contributed by atoms with Gasteiger partial charge in [-0.1, -0.05) is 35.6 Å². The normalized spacial score (nSPS) is 21.2. The number of nitrogens with zero attached hydrogens (tertiary/aromatic N) is 1. The molecular formula is C10H8ClNOS2. The Bertz CT molecular complexity index is 418. The topological polar surface area (TPSA) is 20.3 Å². The minimum atomic E-state index is -0.0896. The fourth-order valence-electron chi connectivity index (χ4n) is 1.35. The quantitative estimate of drug-likeness (QED) is 0.721. The molecule has 0 radical (unpaired) electrons. The van der Waals surface area contributed by atoms with E-state index in [4.69, 9.17) is 23.8 Å². The molecule has 15 heavy (non-hydrogen) atoms. The van der Waals surface area contributed by atoms with Gasteiger partial charge in [0, 0.05) is 5.02 Å². The Hall–Kier alpha value is -0.580. The molecule has 0 aliphatic carbocycles. The number of carbonyl (C=O) groups excluding carboxylic acids is 1. The molecule has 0 aromatic heterocycles. The first-order valence-electron chi connectivity index (χ1n) is 4.40. The monoisotopic (exact) mass is 257 g/mol. The molecule has 1 aromatic rings. The lowest BCUT2D eigenvalue weighted by atomic mass is 10.3. The molecule has 0 bridgehead atoms. The van der Waals surface area contributed by atoms with Crippen LogP contribution in [0, 0.1) is 0 Å². The van der Waals surface area contributed by atoms with Gasteiger partial charge in [-0.2, -0.15) is 0 Å². The van der Waals surface area contributed by atoms with Crippen LogP contribution in [0.2, 0.25) is 5.02 Å². The number of hydrogen-bond donors (Lipinski definition) is 0. The van der Waals surface area contributed by atoms with E-state index < -0.39 is 0 Å². The van der Waals surface area contributed by atoms with Crippen molar-refractivity contribution in [3.05, 3.63) is 29.3 Å². The van der Waals surface area contributed by atoms with Gasteiger partial charge in [-0.25, -0.2) is 0 Å². The third kappa shape index (κ3) is 2.02. The molecule has 5 heteroatoms. The van der Waals surface area contributed by atoms with Crippen LogP contribution in [0.5, 0.6) is 0 Å². The van der Waals surface area contributed by atoms with Crippen molar-refractivity contribution in [3.8, 4) is 0 Å². The second kappa shape index (κ2) is 4.12. The Morgan fingerprint density at radius 2 is 2.00 bits per heavy atom. The number of thioether (sulfide) groups is 1. The molecule has 1 aliphatic heterocycles. The van der Waals surface area contributed by atoms with Crippen LogP contribution < -0.4 is 4.90 Å². The molecule has 0 unspecified atom stereocenters. The minimum Gasteiger partial charge on any atom is -0.273 e. The highest BCUT2D eigenvalue weighted by atomic mass is 35.5. The number of halogens is 1. The molecule has 1 fully saturated rings. The summed E-state index contributed by atoms with van der Waals surface area (Å²) in [6.07, 6.45) is 0. The SMILES string of the molecule is C[C@@H]1SC(=S)N(c2ccc(Cl)cc2)C1=O. The number of thiocarbonyl (C=S) groups is 1. The van der Waals surface area contributed by atoms with Gasteiger partial charge in [0.25, 0.3) is 0 Å². The summed E-state index contributed by atoms with van der Waals surface area (Å²) in [7, 11) is 0. The maximum Gasteiger partial charge on any atom is 0.245 e. The molecule has 1 heterocycles. The molecule has 2 rings (SSSR count). The highest BCUT2D eigenvalue weighted by molar-refractivity contribution is 8.25. The van der Waals surface area contributed by atoms with Crippen LogP contribution in [0.15, 0.2) is 24.3 Å². The number of anilines is 1. The number of hydrogen-bond acceptors (Lipinski definition) is 3. The third-order valence-corrected chi connectivity index (χ3v) is 3.78. The van der Waals surface area contributed by atoms with E-state index in [-0.39, 0.29) is 11.2 Å². The predicted molar refractivity (Wildman–Crippen MR) is 68.6 cm³/mol. The van der Waals surface area contributed by atoms with E-state index in [0.29, 0.717) is 9.34 Å². The highest BCUT2D eigenvalue weighted by Gasteiger charge is 2.34. The van der Waals surface area contributed by atoms with Gasteiger partial charge in [-0.3, -0.25) is 9.69 Å². The molecule has 2 nitrogen and oxygen atoms in total. The maximum atomic E-state index is 11.8. The molecule has 1 aromatic carbocycles. The number of benzene rings is 1. The van der Waals surface area contributed by atoms with Crippen molar-refractivity contribution < 1.29 is 4.79 Å². The summed E-state index contributed by atoms with van der Waals surface area (Å²) in [4.78, 5) is 13.3. The van der Waals surface area contributed by atoms with Crippen LogP contribution in [-0.2, 0) is 4.79 Å². The summed E-state index contributed by atoms with van der Waals surface area (Å²) in [5.74, 6) is 0.0346. The van der Waals surface area contributed by atoms with Gasteiger partial charge >= 0.3 is 0 Å². The molecule has 1 amide bonds. The van der Waals surface area contributed by atoms with Crippen molar-refractivity contribution in [2.75, 3.05) is 4.90 Å². The highest BCUT2D eigenvalue weighted by Crippen LogP contribution is 2.31. The second-order valence-electron chi connectivity index (χ2n) is 3.18. The average molecular weight is 258 g/mol. The first kappa shape index (κ1) is 10.9. The van der Waals surface area contributed by atoms with Gasteiger partial charge in [0.2, 0.25) is 5.91 Å². The fraction of sp³-hybridized carbons (Fsp3) is 0.200. The standard InChI is InChI=1S/C10H8ClNOS2/c1-6-9(13)12(10(14)15-6)8-4-2-7(11)3-5-8/h2-6H,1H3/t6-/m0/s1. The maximum absolute atomic E-state index is 11.8. The fourth-order valence-corrected chi connectivity index (χ4v) is 2.91. The molecule has 0 saturated carbocycles. The summed E-state index contributed by atoms with van der Waals surface area (Å²) >= 11 is 12.3. The Kier molecular flexibility index (Phi) is 3.00. The molecule has 1 aliphatic rings. The van der Waals surface area contributed by atoms with E-state index in [0.717, 1.165) is 5.69 Å². The smallest absolute Gasteiger partial charge is 0.245 e. The molecular weight excluding hydrogens is 250 g/mol. The lowest BCUT2D eigenvalue weighted by molar-refractivity contribution is -0.116. The van der Waals surface area contributed by atoms with E-state index in [1.54, 1.807) is 29.2 Å². The van der Waals surface area contributed by atoms with Gasteiger partial charge in [0.15, 0.2) is 0 Å². The first-order chi connectivity index (χ1) is 7.09. The van der Waals surface area contributed by atoms with Crippen molar-refractivity contribution in [1.82, 2.24) is 0 Å². The van der Waals surface area contributed by atoms with Crippen molar-refractivity contribution >= 4 is 51.5 Å². The van der Waals surface area contributed by atoms with Gasteiger partial charge in [-0.15, -0.1) is 0 Å². The Labute approximate surface area is 103 Å². The van der Waals surface area contributed by atoms with E-state index >= 15 is 0 Å². The number of carbonyl (C=O) groups is 1. The molecule has 1 saturated heterocycles. The average Bonchev–Trinajstić information content (AvgIpc) is 2.44. The van der Waals surface area contributed by atoms with E-state index in [1.807, 2.05) is 6.92 Å². The Morgan fingerprint density at radius 1 is 1.40 bits per heavy atom. The van der Waals surface area contributed by atoms with Gasteiger partial charge in [0.1, 0.15) is 4.32 Å². The van der Waals surface area contributed by atoms with Crippen molar-refractivity contribution in [1.29, 1.82) is 0 Å². The number of rotatable bonds is 1. The summed E-state index contributed by atoms with van der Waals surface area (Å²) in [6.45, 7) is 1.86. The van der Waals surface area contributed by atoms with Crippen LogP contribution in [0.3, 0.4) is 0 Å². The van der Waals surface area contributed by atoms with E-state index in [2.05, 4.69) is 0 Å². The largest absolute Gasteiger partial charge is 0.273 e. The Balaban J connectivity index is 2.35. The lowest BCUT2D eigenvalue weighted by Gasteiger charge is -2.14. The van der Waals surface area contributed by atoms with Crippen LogP contribution in [0.25, 0.3) is 0 Å². The predicted octanol–water partition coefficient (Wildman–Crippen LogP) is 3.09. The third-order valence-electron chi connectivity index (χ3n) is 2.11. The number of amides is 1. The molecule has 0 N–H and O–H groups in total. The van der Waals surface area contributed by atoms with E-state index in [1.165, 1.54) is 11.8 Å². The van der Waals surface area contributed by atoms with Crippen LogP contribution in [-0.4, -0.2) is 15.5 Å². The van der Waals surface area contributed by atoms with Gasteiger partial charge < -0.3 is 0 Å². The van der Waals surface area contributed by atoms with Gasteiger partial charge in [0.05, 0.1) is 10.9 Å². The molecule has 78 valence electrons. The second-order valence-corrected chi connectivity index (χ2v) is 5.59. The minimum absolute atomic E-state index is 0.0346. The zero-order valence-electron chi connectivity index (χ0n) is 7.94. The summed E-state index contributed by atoms with van der Waals surface area (Å²) in [6, 6.07) is 7.09. The molecule has 1 atom stereocenters. The van der Waals surface area contributed by atoms with Crippen LogP contribution in [0.4, 0.5) is 5.69 Å². The van der Waals surface area contributed by atoms with Crippen molar-refractivity contribution in [2.24, 2.45) is 0 Å². The molecule has 0 spiro atoms. The first-order valence-corrected chi connectivity index (χ1v) is 6.06. The zero-order chi connectivity index (χ0) is 11.0. The summed E-state index contributed by atoms with van der Waals surface area (Å²) in [5, 5.41) is 0.560. The Morgan fingerprint density at radius 3 is 2.47 bits per heavy atom. The lowest BCUT2D eigenvalue weighted by Crippen LogP contribution is -2.30. The summed E-state index contributed by atoms with van der Waals surface area (Å²) in [5.41, 5.74) is 0.784. The van der Waals surface area contributed by atoms with Crippen molar-refractivity contribution in [2.45, 2.75) is 12.2 Å². The van der Waals surface area contributed by atoms with E-state index in [9.17, 15) is 4.79 Å². The zero-order valence-corrected chi connectivity index (χ0v) is 10.3. The van der Waals surface area contributed by atoms with Gasteiger partial charge in [-0.05, 0) is 31.2 Å². The van der Waals surface area contributed by atoms with Crippen molar-refractivity contribution in [3.63, 3.8) is 0 Å². The van der Waals surface area contributed by atoms with Crippen LogP contribution in [0.1, 0.15) is 6.92 Å². The van der Waals surface area contributed by atoms with Crippen LogP contribution >= 0.6 is 35.6 Å².